The molecule has 0 amide bonds. The van der Waals surface area contributed by atoms with E-state index in [4.69, 9.17) is 10.2 Å². The second-order valence-corrected chi connectivity index (χ2v) is 4.43. The SMILES string of the molecule is CCCSC(CCC(=O)O)CC(=O)O. The fourth-order valence-corrected chi connectivity index (χ4v) is 2.12. The Morgan fingerprint density at radius 2 is 1.93 bits per heavy atom. The third-order valence-electron chi connectivity index (χ3n) is 1.64. The van der Waals surface area contributed by atoms with Gasteiger partial charge in [-0.15, -0.1) is 0 Å². The first-order valence-corrected chi connectivity index (χ1v) is 5.66. The van der Waals surface area contributed by atoms with Gasteiger partial charge in [0.25, 0.3) is 0 Å². The van der Waals surface area contributed by atoms with Crippen LogP contribution in [-0.4, -0.2) is 33.2 Å². The zero-order valence-electron chi connectivity index (χ0n) is 8.23. The van der Waals surface area contributed by atoms with Crippen molar-refractivity contribution in [3.8, 4) is 0 Å². The molecule has 0 aromatic heterocycles. The van der Waals surface area contributed by atoms with Crippen LogP contribution in [0, 0.1) is 0 Å². The van der Waals surface area contributed by atoms with Gasteiger partial charge < -0.3 is 10.2 Å². The largest absolute Gasteiger partial charge is 0.481 e. The highest BCUT2D eigenvalue weighted by atomic mass is 32.2. The van der Waals surface area contributed by atoms with Crippen molar-refractivity contribution < 1.29 is 19.8 Å². The van der Waals surface area contributed by atoms with Crippen LogP contribution in [0.3, 0.4) is 0 Å². The van der Waals surface area contributed by atoms with E-state index in [-0.39, 0.29) is 18.1 Å². The van der Waals surface area contributed by atoms with Crippen molar-refractivity contribution >= 4 is 23.7 Å². The van der Waals surface area contributed by atoms with Crippen LogP contribution in [0.2, 0.25) is 0 Å². The lowest BCUT2D eigenvalue weighted by molar-refractivity contribution is -0.139. The minimum Gasteiger partial charge on any atom is -0.481 e. The van der Waals surface area contributed by atoms with E-state index >= 15 is 0 Å². The van der Waals surface area contributed by atoms with Crippen LogP contribution >= 0.6 is 11.8 Å². The molecule has 0 radical (unpaired) electrons. The minimum absolute atomic E-state index is 0.0503. The topological polar surface area (TPSA) is 74.6 Å². The molecule has 14 heavy (non-hydrogen) atoms. The smallest absolute Gasteiger partial charge is 0.304 e. The van der Waals surface area contributed by atoms with Crippen molar-refractivity contribution in [2.45, 2.75) is 37.9 Å². The normalized spacial score (nSPS) is 12.4. The lowest BCUT2D eigenvalue weighted by Gasteiger charge is -2.12. The van der Waals surface area contributed by atoms with E-state index in [9.17, 15) is 9.59 Å². The molecular formula is C9H16O4S. The average Bonchev–Trinajstić information content (AvgIpc) is 2.09. The minimum atomic E-state index is -0.863. The number of thioether (sulfide) groups is 1. The summed E-state index contributed by atoms with van der Waals surface area (Å²) in [5, 5.41) is 17.0. The Hall–Kier alpha value is -0.710. The average molecular weight is 220 g/mol. The van der Waals surface area contributed by atoms with Gasteiger partial charge in [-0.3, -0.25) is 9.59 Å². The van der Waals surface area contributed by atoms with Crippen molar-refractivity contribution in [1.29, 1.82) is 0 Å². The molecule has 2 N–H and O–H groups in total. The highest BCUT2D eigenvalue weighted by Gasteiger charge is 2.14. The molecule has 0 bridgehead atoms. The number of rotatable bonds is 8. The molecule has 0 saturated heterocycles. The number of carboxylic acid groups (broad SMARTS) is 2. The van der Waals surface area contributed by atoms with Crippen LogP contribution in [0.5, 0.6) is 0 Å². The van der Waals surface area contributed by atoms with E-state index in [0.717, 1.165) is 12.2 Å². The van der Waals surface area contributed by atoms with Gasteiger partial charge in [-0.2, -0.15) is 11.8 Å². The third-order valence-corrected chi connectivity index (χ3v) is 3.16. The van der Waals surface area contributed by atoms with Gasteiger partial charge in [0, 0.05) is 11.7 Å². The van der Waals surface area contributed by atoms with E-state index in [0.29, 0.717) is 6.42 Å². The lowest BCUT2D eigenvalue weighted by Crippen LogP contribution is -2.12. The molecule has 0 aliphatic carbocycles. The van der Waals surface area contributed by atoms with Crippen LogP contribution in [0.15, 0.2) is 0 Å². The third kappa shape index (κ3) is 7.91. The lowest BCUT2D eigenvalue weighted by atomic mass is 10.2. The monoisotopic (exact) mass is 220 g/mol. The first-order chi connectivity index (χ1) is 6.56. The first kappa shape index (κ1) is 13.3. The molecule has 0 aliphatic heterocycles. The quantitative estimate of drug-likeness (QED) is 0.652. The van der Waals surface area contributed by atoms with E-state index in [1.165, 1.54) is 0 Å². The molecule has 1 atom stereocenters. The standard InChI is InChI=1S/C9H16O4S/c1-2-5-14-7(6-9(12)13)3-4-8(10)11/h7H,2-6H2,1H3,(H,10,11)(H,12,13). The summed E-state index contributed by atoms with van der Waals surface area (Å²) in [7, 11) is 0. The Kier molecular flexibility index (Phi) is 7.28. The number of aliphatic carboxylic acids is 2. The van der Waals surface area contributed by atoms with Gasteiger partial charge in [0.05, 0.1) is 6.42 Å². The van der Waals surface area contributed by atoms with E-state index < -0.39 is 11.9 Å². The van der Waals surface area contributed by atoms with E-state index in [2.05, 4.69) is 0 Å². The van der Waals surface area contributed by atoms with Crippen molar-refractivity contribution in [2.75, 3.05) is 5.75 Å². The predicted octanol–water partition coefficient (Wildman–Crippen LogP) is 1.84. The molecule has 0 rings (SSSR count). The summed E-state index contributed by atoms with van der Waals surface area (Å²) >= 11 is 1.55. The summed E-state index contributed by atoms with van der Waals surface area (Å²) in [5.74, 6) is -0.834. The van der Waals surface area contributed by atoms with E-state index in [1.54, 1.807) is 11.8 Å². The Morgan fingerprint density at radius 3 is 2.36 bits per heavy atom. The molecule has 0 spiro atoms. The highest BCUT2D eigenvalue weighted by molar-refractivity contribution is 7.99. The fraction of sp³-hybridized carbons (Fsp3) is 0.778. The number of hydrogen-bond donors (Lipinski definition) is 2. The van der Waals surface area contributed by atoms with Crippen molar-refractivity contribution in [2.24, 2.45) is 0 Å². The molecule has 0 aromatic rings. The van der Waals surface area contributed by atoms with Gasteiger partial charge in [0.2, 0.25) is 0 Å². The molecule has 5 heteroatoms. The fourth-order valence-electron chi connectivity index (χ4n) is 1.01. The number of carboxylic acids is 2. The predicted molar refractivity (Wildman–Crippen MR) is 55.7 cm³/mol. The molecule has 82 valence electrons. The zero-order chi connectivity index (χ0) is 11.0. The zero-order valence-corrected chi connectivity index (χ0v) is 9.05. The Bertz CT molecular complexity index is 193. The van der Waals surface area contributed by atoms with Crippen molar-refractivity contribution in [1.82, 2.24) is 0 Å². The Morgan fingerprint density at radius 1 is 1.29 bits per heavy atom. The van der Waals surface area contributed by atoms with E-state index in [1.807, 2.05) is 6.92 Å². The van der Waals surface area contributed by atoms with Gasteiger partial charge in [0.15, 0.2) is 0 Å². The summed E-state index contributed by atoms with van der Waals surface area (Å²) in [6, 6.07) is 0. The number of hydrogen-bond acceptors (Lipinski definition) is 3. The first-order valence-electron chi connectivity index (χ1n) is 4.61. The van der Waals surface area contributed by atoms with Crippen LogP contribution in [0.25, 0.3) is 0 Å². The maximum atomic E-state index is 10.5. The van der Waals surface area contributed by atoms with Crippen LogP contribution in [-0.2, 0) is 9.59 Å². The number of carbonyl (C=O) groups is 2. The van der Waals surface area contributed by atoms with Gasteiger partial charge in [0.1, 0.15) is 0 Å². The molecule has 0 heterocycles. The van der Waals surface area contributed by atoms with Crippen molar-refractivity contribution in [3.05, 3.63) is 0 Å². The summed E-state index contributed by atoms with van der Waals surface area (Å²) in [6.45, 7) is 2.02. The molecule has 0 saturated carbocycles. The summed E-state index contributed by atoms with van der Waals surface area (Å²) in [5.41, 5.74) is 0. The molecule has 0 fully saturated rings. The van der Waals surface area contributed by atoms with Gasteiger partial charge in [-0.1, -0.05) is 6.92 Å². The molecule has 0 aliphatic rings. The Labute approximate surface area is 87.7 Å². The van der Waals surface area contributed by atoms with Crippen LogP contribution in [0.4, 0.5) is 0 Å². The maximum Gasteiger partial charge on any atom is 0.304 e. The summed E-state index contributed by atoms with van der Waals surface area (Å²) < 4.78 is 0. The van der Waals surface area contributed by atoms with Gasteiger partial charge >= 0.3 is 11.9 Å². The molecule has 0 aromatic carbocycles. The summed E-state index contributed by atoms with van der Waals surface area (Å²) in [6.07, 6.45) is 1.52. The molecule has 4 nitrogen and oxygen atoms in total. The molecular weight excluding hydrogens is 204 g/mol. The molecule has 1 unspecified atom stereocenters. The maximum absolute atomic E-state index is 10.5. The second kappa shape index (κ2) is 7.67. The second-order valence-electron chi connectivity index (χ2n) is 3.02. The van der Waals surface area contributed by atoms with Crippen LogP contribution < -0.4 is 0 Å². The summed E-state index contributed by atoms with van der Waals surface area (Å²) in [4.78, 5) is 20.8. The van der Waals surface area contributed by atoms with Crippen molar-refractivity contribution in [3.63, 3.8) is 0 Å². The highest BCUT2D eigenvalue weighted by Crippen LogP contribution is 2.20. The van der Waals surface area contributed by atoms with Gasteiger partial charge in [-0.25, -0.2) is 0 Å². The van der Waals surface area contributed by atoms with Gasteiger partial charge in [-0.05, 0) is 18.6 Å². The Balaban J connectivity index is 3.83. The van der Waals surface area contributed by atoms with Crippen LogP contribution in [0.1, 0.15) is 32.6 Å².